The van der Waals surface area contributed by atoms with E-state index in [1.807, 2.05) is 4.90 Å². The molecule has 26 heavy (non-hydrogen) atoms. The monoisotopic (exact) mass is 364 g/mol. The highest BCUT2D eigenvalue weighted by Gasteiger charge is 2.33. The summed E-state index contributed by atoms with van der Waals surface area (Å²) < 4.78 is 40.1. The van der Waals surface area contributed by atoms with Crippen LogP contribution in [0.15, 0.2) is 30.9 Å². The first-order valence-corrected chi connectivity index (χ1v) is 8.05. The van der Waals surface area contributed by atoms with Gasteiger partial charge in [-0.05, 0) is 12.5 Å². The standard InChI is InChI=1S/C16H15F3N6O/c17-16(18,19)12-8-25-11(5-22-14(25)6-21-12)15-20-3-1-13(23-15)24-4-2-10(7-24)9-26/h1,3,5-6,8,10,26H,2,4,7,9H2. The molecule has 7 nitrogen and oxygen atoms in total. The van der Waals surface area contributed by atoms with Crippen molar-refractivity contribution in [1.29, 1.82) is 0 Å². The van der Waals surface area contributed by atoms with Gasteiger partial charge in [-0.2, -0.15) is 13.2 Å². The quantitative estimate of drug-likeness (QED) is 0.766. The maximum atomic E-state index is 12.9. The van der Waals surface area contributed by atoms with E-state index in [0.29, 0.717) is 18.1 Å². The minimum atomic E-state index is -4.55. The van der Waals surface area contributed by atoms with Crippen LogP contribution in [0.5, 0.6) is 0 Å². The van der Waals surface area contributed by atoms with Crippen molar-refractivity contribution in [3.05, 3.63) is 36.5 Å². The summed E-state index contributed by atoms with van der Waals surface area (Å²) in [5, 5.41) is 9.28. The molecule has 1 aliphatic rings. The minimum absolute atomic E-state index is 0.120. The van der Waals surface area contributed by atoms with Crippen molar-refractivity contribution < 1.29 is 18.3 Å². The summed E-state index contributed by atoms with van der Waals surface area (Å²) >= 11 is 0. The molecule has 0 radical (unpaired) electrons. The second-order valence-corrected chi connectivity index (χ2v) is 6.16. The largest absolute Gasteiger partial charge is 0.434 e. The van der Waals surface area contributed by atoms with Gasteiger partial charge in [0, 0.05) is 38.0 Å². The van der Waals surface area contributed by atoms with Gasteiger partial charge >= 0.3 is 6.18 Å². The predicted octanol–water partition coefficient (Wildman–Crippen LogP) is 2.02. The molecule has 0 spiro atoms. The first-order valence-electron chi connectivity index (χ1n) is 8.05. The molecule has 0 aliphatic carbocycles. The van der Waals surface area contributed by atoms with Gasteiger partial charge in [0.25, 0.3) is 0 Å². The van der Waals surface area contributed by atoms with Crippen molar-refractivity contribution in [2.75, 3.05) is 24.6 Å². The fraction of sp³-hybridized carbons (Fsp3) is 0.375. The van der Waals surface area contributed by atoms with Crippen LogP contribution in [0, 0.1) is 5.92 Å². The van der Waals surface area contributed by atoms with E-state index < -0.39 is 11.9 Å². The molecular formula is C16H15F3N6O. The van der Waals surface area contributed by atoms with Gasteiger partial charge in [0.05, 0.1) is 12.4 Å². The molecular weight excluding hydrogens is 349 g/mol. The molecule has 0 amide bonds. The molecule has 1 N–H and O–H groups in total. The van der Waals surface area contributed by atoms with Gasteiger partial charge in [-0.3, -0.25) is 4.40 Å². The predicted molar refractivity (Wildman–Crippen MR) is 86.4 cm³/mol. The third-order valence-electron chi connectivity index (χ3n) is 4.42. The van der Waals surface area contributed by atoms with Crippen molar-refractivity contribution in [3.63, 3.8) is 0 Å². The Hall–Kier alpha value is -2.75. The van der Waals surface area contributed by atoms with E-state index in [0.717, 1.165) is 25.4 Å². The SMILES string of the molecule is OCC1CCN(c2ccnc(-c3cnc4cnc(C(F)(F)F)cn34)n2)C1. The topological polar surface area (TPSA) is 79.4 Å². The number of hydrogen-bond acceptors (Lipinski definition) is 6. The Morgan fingerprint density at radius 3 is 2.77 bits per heavy atom. The number of aliphatic hydroxyl groups excluding tert-OH is 1. The summed E-state index contributed by atoms with van der Waals surface area (Å²) in [5.41, 5.74) is -0.373. The number of fused-ring (bicyclic) bond motifs is 1. The van der Waals surface area contributed by atoms with Crippen molar-refractivity contribution in [2.24, 2.45) is 5.92 Å². The lowest BCUT2D eigenvalue weighted by molar-refractivity contribution is -0.141. The highest BCUT2D eigenvalue weighted by molar-refractivity contribution is 5.58. The highest BCUT2D eigenvalue weighted by Crippen LogP contribution is 2.29. The Balaban J connectivity index is 1.73. The van der Waals surface area contributed by atoms with Crippen LogP contribution >= 0.6 is 0 Å². The van der Waals surface area contributed by atoms with Gasteiger partial charge in [-0.25, -0.2) is 19.9 Å². The number of hydrogen-bond donors (Lipinski definition) is 1. The van der Waals surface area contributed by atoms with E-state index in [9.17, 15) is 18.3 Å². The van der Waals surface area contributed by atoms with Gasteiger partial charge < -0.3 is 10.0 Å². The number of aromatic nitrogens is 5. The zero-order valence-electron chi connectivity index (χ0n) is 13.6. The summed E-state index contributed by atoms with van der Waals surface area (Å²) in [6, 6.07) is 1.75. The molecule has 3 aromatic heterocycles. The average molecular weight is 364 g/mol. The van der Waals surface area contributed by atoms with Crippen molar-refractivity contribution in [1.82, 2.24) is 24.3 Å². The fourth-order valence-electron chi connectivity index (χ4n) is 3.04. The van der Waals surface area contributed by atoms with Crippen molar-refractivity contribution in [2.45, 2.75) is 12.6 Å². The average Bonchev–Trinajstić information content (AvgIpc) is 3.27. The van der Waals surface area contributed by atoms with Crippen LogP contribution in [0.25, 0.3) is 17.2 Å². The molecule has 0 bridgehead atoms. The Bertz CT molecular complexity index is 941. The van der Waals surface area contributed by atoms with Crippen LogP contribution in [0.3, 0.4) is 0 Å². The number of anilines is 1. The Labute approximate surface area is 146 Å². The van der Waals surface area contributed by atoms with Gasteiger partial charge in [0.1, 0.15) is 11.5 Å². The van der Waals surface area contributed by atoms with Crippen LogP contribution in [0.1, 0.15) is 12.1 Å². The summed E-state index contributed by atoms with van der Waals surface area (Å²) in [4.78, 5) is 18.2. The Morgan fingerprint density at radius 2 is 2.04 bits per heavy atom. The molecule has 1 aliphatic heterocycles. The van der Waals surface area contributed by atoms with E-state index >= 15 is 0 Å². The van der Waals surface area contributed by atoms with Crippen LogP contribution in [-0.2, 0) is 6.18 Å². The second-order valence-electron chi connectivity index (χ2n) is 6.16. The van der Waals surface area contributed by atoms with Gasteiger partial charge in [0.15, 0.2) is 17.2 Å². The van der Waals surface area contributed by atoms with Crippen LogP contribution in [0.4, 0.5) is 19.0 Å². The number of imidazole rings is 1. The lowest BCUT2D eigenvalue weighted by Gasteiger charge is -2.17. The zero-order valence-corrected chi connectivity index (χ0v) is 13.6. The van der Waals surface area contributed by atoms with Crippen LogP contribution in [0.2, 0.25) is 0 Å². The van der Waals surface area contributed by atoms with E-state index in [1.165, 1.54) is 10.6 Å². The van der Waals surface area contributed by atoms with Crippen LogP contribution in [-0.4, -0.2) is 49.1 Å². The van der Waals surface area contributed by atoms with Gasteiger partial charge in [0.2, 0.25) is 0 Å². The molecule has 0 aromatic carbocycles. The summed E-state index contributed by atoms with van der Waals surface area (Å²) in [5.74, 6) is 1.15. The summed E-state index contributed by atoms with van der Waals surface area (Å²) in [6.07, 6.45) is 1.28. The molecule has 1 unspecified atom stereocenters. The third kappa shape index (κ3) is 2.96. The number of aliphatic hydroxyl groups is 1. The maximum absolute atomic E-state index is 12.9. The van der Waals surface area contributed by atoms with Gasteiger partial charge in [-0.15, -0.1) is 0 Å². The Kier molecular flexibility index (Phi) is 3.98. The number of halogens is 3. The number of nitrogens with zero attached hydrogens (tertiary/aromatic N) is 6. The highest BCUT2D eigenvalue weighted by atomic mass is 19.4. The molecule has 136 valence electrons. The molecule has 10 heteroatoms. The molecule has 4 heterocycles. The second kappa shape index (κ2) is 6.20. The number of rotatable bonds is 3. The Morgan fingerprint density at radius 1 is 1.19 bits per heavy atom. The smallest absolute Gasteiger partial charge is 0.396 e. The maximum Gasteiger partial charge on any atom is 0.434 e. The molecule has 1 atom stereocenters. The first kappa shape index (κ1) is 16.7. The van der Waals surface area contributed by atoms with Crippen molar-refractivity contribution >= 4 is 11.5 Å². The third-order valence-corrected chi connectivity index (χ3v) is 4.42. The molecule has 1 saturated heterocycles. The van der Waals surface area contributed by atoms with E-state index in [1.54, 1.807) is 12.3 Å². The molecule has 4 rings (SSSR count). The molecule has 1 fully saturated rings. The zero-order chi connectivity index (χ0) is 18.3. The van der Waals surface area contributed by atoms with Crippen molar-refractivity contribution in [3.8, 4) is 11.5 Å². The molecule has 3 aromatic rings. The summed E-state index contributed by atoms with van der Waals surface area (Å²) in [7, 11) is 0. The fourth-order valence-corrected chi connectivity index (χ4v) is 3.04. The minimum Gasteiger partial charge on any atom is -0.396 e. The van der Waals surface area contributed by atoms with E-state index in [-0.39, 0.29) is 24.0 Å². The van der Waals surface area contributed by atoms with Gasteiger partial charge in [-0.1, -0.05) is 0 Å². The van der Waals surface area contributed by atoms with E-state index in [2.05, 4.69) is 19.9 Å². The normalized spacial score (nSPS) is 18.0. The first-order chi connectivity index (χ1) is 12.5. The lowest BCUT2D eigenvalue weighted by Crippen LogP contribution is -2.22. The number of alkyl halides is 3. The van der Waals surface area contributed by atoms with E-state index in [4.69, 9.17) is 0 Å². The lowest BCUT2D eigenvalue weighted by atomic mass is 10.1. The molecule has 0 saturated carbocycles. The summed E-state index contributed by atoms with van der Waals surface area (Å²) in [6.45, 7) is 1.56. The van der Waals surface area contributed by atoms with Crippen LogP contribution < -0.4 is 4.90 Å².